The van der Waals surface area contributed by atoms with Gasteiger partial charge in [-0.25, -0.2) is 0 Å². The Hall–Kier alpha value is -1.06. The first-order valence-corrected chi connectivity index (χ1v) is 5.98. The Kier molecular flexibility index (Phi) is 5.90. The van der Waals surface area contributed by atoms with E-state index < -0.39 is 0 Å². The summed E-state index contributed by atoms with van der Waals surface area (Å²) < 4.78 is 9.81. The van der Waals surface area contributed by atoms with Gasteiger partial charge in [-0.3, -0.25) is 9.59 Å². The molecule has 0 aromatic rings. The van der Waals surface area contributed by atoms with Gasteiger partial charge in [0, 0.05) is 12.8 Å². The molecule has 1 saturated carbocycles. The minimum absolute atomic E-state index is 0.111. The van der Waals surface area contributed by atoms with Crippen LogP contribution in [0.1, 0.15) is 51.4 Å². The molecule has 1 fully saturated rings. The average Bonchev–Trinajstić information content (AvgIpc) is 2.30. The van der Waals surface area contributed by atoms with E-state index in [-0.39, 0.29) is 24.5 Å². The fraction of sp³-hybridized carbons (Fsp3) is 0.833. The fourth-order valence-corrected chi connectivity index (χ4v) is 1.91. The van der Waals surface area contributed by atoms with Crippen molar-refractivity contribution in [2.24, 2.45) is 0 Å². The molecule has 0 saturated heterocycles. The van der Waals surface area contributed by atoms with Gasteiger partial charge >= 0.3 is 11.9 Å². The van der Waals surface area contributed by atoms with Gasteiger partial charge in [0.1, 0.15) is 6.10 Å². The molecule has 0 amide bonds. The Morgan fingerprint density at radius 2 is 1.69 bits per heavy atom. The number of carbonyl (C=O) groups excluding carboxylic acids is 2. The molecule has 16 heavy (non-hydrogen) atoms. The molecule has 0 aliphatic heterocycles. The highest BCUT2D eigenvalue weighted by atomic mass is 16.5. The van der Waals surface area contributed by atoms with E-state index in [1.807, 2.05) is 0 Å². The molecule has 92 valence electrons. The van der Waals surface area contributed by atoms with Gasteiger partial charge in [-0.1, -0.05) is 6.42 Å². The minimum atomic E-state index is -0.273. The summed E-state index contributed by atoms with van der Waals surface area (Å²) in [6.07, 6.45) is 6.75. The third-order valence-electron chi connectivity index (χ3n) is 2.84. The molecule has 0 aromatic heterocycles. The molecule has 1 aliphatic rings. The molecule has 0 radical (unpaired) electrons. The van der Waals surface area contributed by atoms with E-state index in [1.165, 1.54) is 13.5 Å². The van der Waals surface area contributed by atoms with Gasteiger partial charge in [-0.05, 0) is 32.1 Å². The lowest BCUT2D eigenvalue weighted by Gasteiger charge is -2.21. The molecular formula is C12H20O4. The Morgan fingerprint density at radius 1 is 1.06 bits per heavy atom. The molecule has 4 heteroatoms. The highest BCUT2D eigenvalue weighted by Gasteiger charge is 2.17. The molecule has 0 unspecified atom stereocenters. The summed E-state index contributed by atoms with van der Waals surface area (Å²) in [5.74, 6) is -0.457. The second kappa shape index (κ2) is 7.25. The molecule has 0 atom stereocenters. The minimum Gasteiger partial charge on any atom is -0.469 e. The van der Waals surface area contributed by atoms with Gasteiger partial charge < -0.3 is 9.47 Å². The maximum absolute atomic E-state index is 11.4. The predicted molar refractivity (Wildman–Crippen MR) is 58.8 cm³/mol. The predicted octanol–water partition coefficient (Wildman–Crippen LogP) is 2.21. The van der Waals surface area contributed by atoms with Crippen LogP contribution in [0.25, 0.3) is 0 Å². The zero-order chi connectivity index (χ0) is 11.8. The Balaban J connectivity index is 2.08. The number of ether oxygens (including phenoxy) is 2. The average molecular weight is 228 g/mol. The van der Waals surface area contributed by atoms with Crippen molar-refractivity contribution in [3.63, 3.8) is 0 Å². The topological polar surface area (TPSA) is 52.6 Å². The number of methoxy groups -OCH3 is 1. The van der Waals surface area contributed by atoms with Gasteiger partial charge in [0.2, 0.25) is 0 Å². The van der Waals surface area contributed by atoms with Gasteiger partial charge in [0.05, 0.1) is 7.11 Å². The Labute approximate surface area is 96.3 Å². The monoisotopic (exact) mass is 228 g/mol. The SMILES string of the molecule is COC(=O)CCCC(=O)OC1CCCCC1. The zero-order valence-corrected chi connectivity index (χ0v) is 9.87. The van der Waals surface area contributed by atoms with Crippen molar-refractivity contribution in [3.05, 3.63) is 0 Å². The molecule has 0 aromatic carbocycles. The summed E-state index contributed by atoms with van der Waals surface area (Å²) in [7, 11) is 1.35. The van der Waals surface area contributed by atoms with E-state index in [0.717, 1.165) is 25.7 Å². The molecule has 0 heterocycles. The molecule has 0 bridgehead atoms. The van der Waals surface area contributed by atoms with Gasteiger partial charge in [0.25, 0.3) is 0 Å². The lowest BCUT2D eigenvalue weighted by Crippen LogP contribution is -2.20. The lowest BCUT2D eigenvalue weighted by atomic mass is 9.98. The fourth-order valence-electron chi connectivity index (χ4n) is 1.91. The standard InChI is InChI=1S/C12H20O4/c1-15-11(13)8-5-9-12(14)16-10-6-3-2-4-7-10/h10H,2-9H2,1H3. The Morgan fingerprint density at radius 3 is 2.31 bits per heavy atom. The number of esters is 2. The molecular weight excluding hydrogens is 208 g/mol. The maximum Gasteiger partial charge on any atom is 0.306 e. The van der Waals surface area contributed by atoms with Crippen LogP contribution in [-0.4, -0.2) is 25.2 Å². The number of hydrogen-bond donors (Lipinski definition) is 0. The summed E-state index contributed by atoms with van der Waals surface area (Å²) in [5.41, 5.74) is 0. The summed E-state index contributed by atoms with van der Waals surface area (Å²) in [4.78, 5) is 22.2. The van der Waals surface area contributed by atoms with Gasteiger partial charge in [0.15, 0.2) is 0 Å². The van der Waals surface area contributed by atoms with E-state index in [9.17, 15) is 9.59 Å². The number of carbonyl (C=O) groups is 2. The van der Waals surface area contributed by atoms with Crippen molar-refractivity contribution >= 4 is 11.9 Å². The van der Waals surface area contributed by atoms with Crippen LogP contribution in [0.15, 0.2) is 0 Å². The van der Waals surface area contributed by atoms with Crippen molar-refractivity contribution < 1.29 is 19.1 Å². The normalized spacial score (nSPS) is 16.8. The smallest absolute Gasteiger partial charge is 0.306 e. The van der Waals surface area contributed by atoms with E-state index in [2.05, 4.69) is 4.74 Å². The highest BCUT2D eigenvalue weighted by Crippen LogP contribution is 2.20. The lowest BCUT2D eigenvalue weighted by molar-refractivity contribution is -0.150. The van der Waals surface area contributed by atoms with Gasteiger partial charge in [-0.15, -0.1) is 0 Å². The van der Waals surface area contributed by atoms with Crippen molar-refractivity contribution in [1.29, 1.82) is 0 Å². The zero-order valence-electron chi connectivity index (χ0n) is 9.87. The number of hydrogen-bond acceptors (Lipinski definition) is 4. The van der Waals surface area contributed by atoms with E-state index in [1.54, 1.807) is 0 Å². The largest absolute Gasteiger partial charge is 0.469 e. The molecule has 0 spiro atoms. The summed E-state index contributed by atoms with van der Waals surface area (Å²) in [6.45, 7) is 0. The van der Waals surface area contributed by atoms with Crippen molar-refractivity contribution in [2.75, 3.05) is 7.11 Å². The first kappa shape index (κ1) is 13.0. The van der Waals surface area contributed by atoms with Crippen LogP contribution in [0, 0.1) is 0 Å². The second-order valence-corrected chi connectivity index (χ2v) is 4.18. The van der Waals surface area contributed by atoms with Crippen molar-refractivity contribution in [1.82, 2.24) is 0 Å². The number of rotatable bonds is 5. The first-order valence-electron chi connectivity index (χ1n) is 5.98. The van der Waals surface area contributed by atoms with Crippen molar-refractivity contribution in [3.8, 4) is 0 Å². The second-order valence-electron chi connectivity index (χ2n) is 4.18. The van der Waals surface area contributed by atoms with Crippen LogP contribution in [0.3, 0.4) is 0 Å². The third kappa shape index (κ3) is 5.14. The molecule has 0 N–H and O–H groups in total. The maximum atomic E-state index is 11.4. The van der Waals surface area contributed by atoms with Crippen LogP contribution >= 0.6 is 0 Å². The summed E-state index contributed by atoms with van der Waals surface area (Å²) in [5, 5.41) is 0. The van der Waals surface area contributed by atoms with Crippen LogP contribution in [0.4, 0.5) is 0 Å². The summed E-state index contributed by atoms with van der Waals surface area (Å²) in [6, 6.07) is 0. The van der Waals surface area contributed by atoms with Crippen LogP contribution in [0.2, 0.25) is 0 Å². The van der Waals surface area contributed by atoms with E-state index in [0.29, 0.717) is 12.8 Å². The quantitative estimate of drug-likeness (QED) is 0.677. The van der Waals surface area contributed by atoms with Crippen LogP contribution < -0.4 is 0 Å². The first-order chi connectivity index (χ1) is 7.72. The van der Waals surface area contributed by atoms with Crippen LogP contribution in [-0.2, 0) is 19.1 Å². The van der Waals surface area contributed by atoms with Gasteiger partial charge in [-0.2, -0.15) is 0 Å². The Bertz CT molecular complexity index is 231. The molecule has 4 nitrogen and oxygen atoms in total. The van der Waals surface area contributed by atoms with E-state index >= 15 is 0 Å². The molecule has 1 aliphatic carbocycles. The van der Waals surface area contributed by atoms with Crippen LogP contribution in [0.5, 0.6) is 0 Å². The summed E-state index contributed by atoms with van der Waals surface area (Å²) >= 11 is 0. The highest BCUT2D eigenvalue weighted by molar-refractivity contribution is 5.72. The van der Waals surface area contributed by atoms with E-state index in [4.69, 9.17) is 4.74 Å². The van der Waals surface area contributed by atoms with Crippen molar-refractivity contribution in [2.45, 2.75) is 57.5 Å². The third-order valence-corrected chi connectivity index (χ3v) is 2.84. The molecule has 1 rings (SSSR count).